The summed E-state index contributed by atoms with van der Waals surface area (Å²) in [5, 5.41) is 4.14. The number of aromatic nitrogens is 2. The van der Waals surface area contributed by atoms with Crippen molar-refractivity contribution in [3.8, 4) is 0 Å². The first kappa shape index (κ1) is 14.8. The Morgan fingerprint density at radius 2 is 2.23 bits per heavy atom. The van der Waals surface area contributed by atoms with Crippen LogP contribution < -0.4 is 4.90 Å². The molecule has 9 heteroatoms. The zero-order chi connectivity index (χ0) is 15.7. The molecule has 1 saturated heterocycles. The van der Waals surface area contributed by atoms with Crippen molar-refractivity contribution in [2.75, 3.05) is 17.2 Å². The lowest BCUT2D eigenvalue weighted by molar-refractivity contribution is -0.117. The highest BCUT2D eigenvalue weighted by Crippen LogP contribution is 2.26. The molecule has 3 rings (SSSR count). The molecule has 0 bridgehead atoms. The van der Waals surface area contributed by atoms with Crippen LogP contribution in [0.2, 0.25) is 0 Å². The average molecular weight is 327 g/mol. The highest BCUT2D eigenvalue weighted by molar-refractivity contribution is 7.86. The number of furan rings is 1. The number of carbonyl (C=O) groups excluding carboxylic acids is 1. The van der Waals surface area contributed by atoms with Gasteiger partial charge in [0.2, 0.25) is 5.91 Å². The van der Waals surface area contributed by atoms with Gasteiger partial charge in [-0.1, -0.05) is 0 Å². The molecule has 0 N–H and O–H groups in total. The van der Waals surface area contributed by atoms with Crippen LogP contribution >= 0.6 is 0 Å². The number of hydrogen-bond donors (Lipinski definition) is 0. The van der Waals surface area contributed by atoms with Crippen LogP contribution in [0, 0.1) is 5.92 Å². The maximum atomic E-state index is 12.8. The minimum Gasteiger partial charge on any atom is -0.467 e. The van der Waals surface area contributed by atoms with Gasteiger partial charge in [-0.15, -0.1) is 3.89 Å². The molecule has 0 radical (unpaired) electrons. The van der Waals surface area contributed by atoms with E-state index in [1.54, 1.807) is 35.3 Å². The summed E-state index contributed by atoms with van der Waals surface area (Å²) >= 11 is 0. The zero-order valence-corrected chi connectivity index (χ0v) is 12.4. The van der Waals surface area contributed by atoms with Gasteiger partial charge in [0.15, 0.2) is 0 Å². The highest BCUT2D eigenvalue weighted by Gasteiger charge is 2.35. The Balaban J connectivity index is 1.77. The molecule has 0 aromatic carbocycles. The molecule has 1 amide bonds. The van der Waals surface area contributed by atoms with Crippen LogP contribution in [0.5, 0.6) is 0 Å². The third kappa shape index (κ3) is 3.19. The molecule has 1 atom stereocenters. The van der Waals surface area contributed by atoms with Gasteiger partial charge >= 0.3 is 10.2 Å². The molecule has 1 unspecified atom stereocenters. The van der Waals surface area contributed by atoms with Gasteiger partial charge < -0.3 is 4.42 Å². The van der Waals surface area contributed by atoms with Crippen molar-refractivity contribution in [3.05, 3.63) is 36.4 Å². The first-order valence-corrected chi connectivity index (χ1v) is 8.24. The van der Waals surface area contributed by atoms with Crippen molar-refractivity contribution in [1.82, 2.24) is 9.78 Å². The topological polar surface area (TPSA) is 85.4 Å². The summed E-state index contributed by atoms with van der Waals surface area (Å²) in [5.41, 5.74) is 0. The van der Waals surface area contributed by atoms with Gasteiger partial charge in [-0.25, -0.2) is 4.68 Å². The van der Waals surface area contributed by atoms with Crippen LogP contribution in [-0.4, -0.2) is 36.4 Å². The summed E-state index contributed by atoms with van der Waals surface area (Å²) in [6.45, 7) is 0.511. The molecule has 118 valence electrons. The summed E-state index contributed by atoms with van der Waals surface area (Å²) in [6, 6.07) is 5.20. The van der Waals surface area contributed by atoms with Crippen LogP contribution in [-0.2, 0) is 21.6 Å². The molecular formula is C13H14FN3O4S. The average Bonchev–Trinajstić information content (AvgIpc) is 3.10. The standard InChI is InChI=1S/C13H14FN3O4S/c14-22(19,20)9-10-6-13(18)16(7-10)12-3-4-15-17(12)8-11-2-1-5-21-11/h1-5,10H,6-9H2. The maximum Gasteiger partial charge on any atom is 0.302 e. The van der Waals surface area contributed by atoms with Crippen LogP contribution in [0.15, 0.2) is 35.1 Å². The van der Waals surface area contributed by atoms with Crippen molar-refractivity contribution >= 4 is 21.9 Å². The fraction of sp³-hybridized carbons (Fsp3) is 0.385. The second kappa shape index (κ2) is 5.56. The first-order chi connectivity index (χ1) is 10.4. The lowest BCUT2D eigenvalue weighted by Gasteiger charge is -2.17. The molecular weight excluding hydrogens is 313 g/mol. The van der Waals surface area contributed by atoms with E-state index in [4.69, 9.17) is 4.42 Å². The van der Waals surface area contributed by atoms with Crippen LogP contribution in [0.3, 0.4) is 0 Å². The Bertz CT molecular complexity index is 769. The van der Waals surface area contributed by atoms with E-state index < -0.39 is 21.9 Å². The van der Waals surface area contributed by atoms with Crippen molar-refractivity contribution in [1.29, 1.82) is 0 Å². The Kier molecular flexibility index (Phi) is 3.73. The Morgan fingerprint density at radius 1 is 1.41 bits per heavy atom. The third-order valence-electron chi connectivity index (χ3n) is 3.50. The molecule has 0 saturated carbocycles. The molecule has 1 aliphatic heterocycles. The van der Waals surface area contributed by atoms with E-state index in [2.05, 4.69) is 5.10 Å². The number of amides is 1. The van der Waals surface area contributed by atoms with E-state index in [9.17, 15) is 17.1 Å². The van der Waals surface area contributed by atoms with Gasteiger partial charge in [0.05, 0.1) is 18.2 Å². The fourth-order valence-corrected chi connectivity index (χ4v) is 3.41. The minimum absolute atomic E-state index is 0.00901. The number of carbonyl (C=O) groups is 1. The zero-order valence-electron chi connectivity index (χ0n) is 11.6. The third-order valence-corrected chi connectivity index (χ3v) is 4.37. The number of anilines is 1. The lowest BCUT2D eigenvalue weighted by Crippen LogP contribution is -2.28. The summed E-state index contributed by atoms with van der Waals surface area (Å²) in [7, 11) is -4.59. The lowest BCUT2D eigenvalue weighted by atomic mass is 10.1. The smallest absolute Gasteiger partial charge is 0.302 e. The monoisotopic (exact) mass is 327 g/mol. The molecule has 2 aromatic rings. The summed E-state index contributed by atoms with van der Waals surface area (Å²) in [4.78, 5) is 13.5. The van der Waals surface area contributed by atoms with Crippen molar-refractivity contribution in [3.63, 3.8) is 0 Å². The number of hydrogen-bond acceptors (Lipinski definition) is 5. The van der Waals surface area contributed by atoms with Gasteiger partial charge in [0, 0.05) is 24.9 Å². The molecule has 0 aliphatic carbocycles. The fourth-order valence-electron chi connectivity index (χ4n) is 2.62. The van der Waals surface area contributed by atoms with E-state index in [1.807, 2.05) is 0 Å². The quantitative estimate of drug-likeness (QED) is 0.770. The first-order valence-electron chi connectivity index (χ1n) is 6.69. The molecule has 22 heavy (non-hydrogen) atoms. The Labute approximate surface area is 126 Å². The highest BCUT2D eigenvalue weighted by atomic mass is 32.3. The molecule has 3 heterocycles. The summed E-state index contributed by atoms with van der Waals surface area (Å²) in [6.07, 6.45) is 3.10. The van der Waals surface area contributed by atoms with E-state index in [-0.39, 0.29) is 18.9 Å². The predicted octanol–water partition coefficient (Wildman–Crippen LogP) is 1.18. The van der Waals surface area contributed by atoms with Gasteiger partial charge in [-0.05, 0) is 12.1 Å². The second-order valence-corrected chi connectivity index (χ2v) is 6.62. The van der Waals surface area contributed by atoms with Crippen LogP contribution in [0.25, 0.3) is 0 Å². The predicted molar refractivity (Wildman–Crippen MR) is 75.4 cm³/mol. The molecule has 1 fully saturated rings. The second-order valence-electron chi connectivity index (χ2n) is 5.21. The van der Waals surface area contributed by atoms with Crippen molar-refractivity contribution in [2.45, 2.75) is 13.0 Å². The number of halogens is 1. The van der Waals surface area contributed by atoms with Gasteiger partial charge in [-0.3, -0.25) is 9.69 Å². The molecule has 0 spiro atoms. The Morgan fingerprint density at radius 3 is 2.91 bits per heavy atom. The Hall–Kier alpha value is -2.16. The van der Waals surface area contributed by atoms with Gasteiger partial charge in [0.1, 0.15) is 18.1 Å². The maximum absolute atomic E-state index is 12.8. The van der Waals surface area contributed by atoms with Gasteiger partial charge in [0.25, 0.3) is 0 Å². The van der Waals surface area contributed by atoms with Crippen LogP contribution in [0.4, 0.5) is 9.70 Å². The largest absolute Gasteiger partial charge is 0.467 e. The minimum atomic E-state index is -4.59. The van der Waals surface area contributed by atoms with E-state index in [0.29, 0.717) is 18.1 Å². The summed E-state index contributed by atoms with van der Waals surface area (Å²) in [5.74, 6) is -0.203. The number of nitrogens with zero attached hydrogens (tertiary/aromatic N) is 3. The van der Waals surface area contributed by atoms with E-state index in [0.717, 1.165) is 0 Å². The van der Waals surface area contributed by atoms with Crippen molar-refractivity contribution < 1.29 is 21.5 Å². The van der Waals surface area contributed by atoms with Crippen LogP contribution in [0.1, 0.15) is 12.2 Å². The summed E-state index contributed by atoms with van der Waals surface area (Å²) < 4.78 is 41.1. The van der Waals surface area contributed by atoms with Crippen molar-refractivity contribution in [2.24, 2.45) is 5.92 Å². The molecule has 7 nitrogen and oxygen atoms in total. The van der Waals surface area contributed by atoms with E-state index >= 15 is 0 Å². The van der Waals surface area contributed by atoms with E-state index in [1.165, 1.54) is 4.90 Å². The normalized spacial score (nSPS) is 19.0. The molecule has 1 aliphatic rings. The number of rotatable bonds is 5. The molecule has 2 aromatic heterocycles. The SMILES string of the molecule is O=C1CC(CS(=O)(=O)F)CN1c1ccnn1Cc1ccco1. The van der Waals surface area contributed by atoms with Gasteiger partial charge in [-0.2, -0.15) is 13.5 Å².